The summed E-state index contributed by atoms with van der Waals surface area (Å²) in [6.07, 6.45) is 1.50. The Hall–Kier alpha value is -2.21. The third-order valence-electron chi connectivity index (χ3n) is 4.77. The molecule has 2 heterocycles. The molecule has 0 spiro atoms. The van der Waals surface area contributed by atoms with Gasteiger partial charge in [0, 0.05) is 19.1 Å². The van der Waals surface area contributed by atoms with Crippen molar-refractivity contribution in [3.05, 3.63) is 59.5 Å². The lowest BCUT2D eigenvalue weighted by Crippen LogP contribution is -2.43. The number of rotatable bonds is 6. The molecule has 1 saturated heterocycles. The summed E-state index contributed by atoms with van der Waals surface area (Å²) in [6.45, 7) is 8.92. The molecule has 3 rings (SSSR count). The maximum Gasteiger partial charge on any atom is 0.289 e. The third-order valence-corrected chi connectivity index (χ3v) is 6.17. The molecule has 2 unspecified atom stereocenters. The van der Waals surface area contributed by atoms with E-state index in [0.29, 0.717) is 18.8 Å². The van der Waals surface area contributed by atoms with Crippen LogP contribution in [0.5, 0.6) is 0 Å². The van der Waals surface area contributed by atoms with E-state index in [0.717, 1.165) is 5.56 Å². The monoisotopic (exact) mass is 386 g/mol. The van der Waals surface area contributed by atoms with Crippen LogP contribution in [-0.2, 0) is 4.79 Å². The van der Waals surface area contributed by atoms with Gasteiger partial charge in [0.05, 0.1) is 11.5 Å². The van der Waals surface area contributed by atoms with E-state index < -0.39 is 0 Å². The molecule has 1 aliphatic rings. The quantitative estimate of drug-likeness (QED) is 0.750. The molecule has 27 heavy (non-hydrogen) atoms. The molecule has 1 fully saturated rings. The number of hydrogen-bond acceptors (Lipinski definition) is 4. The zero-order valence-electron chi connectivity index (χ0n) is 16.2. The van der Waals surface area contributed by atoms with Gasteiger partial charge in [-0.2, -0.15) is 0 Å². The van der Waals surface area contributed by atoms with Crippen molar-refractivity contribution in [1.82, 2.24) is 9.80 Å². The van der Waals surface area contributed by atoms with Gasteiger partial charge in [0.25, 0.3) is 5.91 Å². The van der Waals surface area contributed by atoms with Gasteiger partial charge in [0.2, 0.25) is 5.91 Å². The molecule has 2 atom stereocenters. The van der Waals surface area contributed by atoms with Crippen LogP contribution in [0, 0.1) is 6.92 Å². The molecule has 5 nitrogen and oxygen atoms in total. The van der Waals surface area contributed by atoms with Crippen molar-refractivity contribution < 1.29 is 14.0 Å². The normalized spacial score (nSPS) is 19.7. The van der Waals surface area contributed by atoms with Crippen LogP contribution in [0.4, 0.5) is 0 Å². The van der Waals surface area contributed by atoms with E-state index in [4.69, 9.17) is 4.42 Å². The Balaban J connectivity index is 1.76. The Kier molecular flexibility index (Phi) is 5.95. The van der Waals surface area contributed by atoms with Crippen molar-refractivity contribution >= 4 is 23.6 Å². The fourth-order valence-corrected chi connectivity index (χ4v) is 4.63. The maximum absolute atomic E-state index is 12.7. The lowest BCUT2D eigenvalue weighted by Gasteiger charge is -2.30. The summed E-state index contributed by atoms with van der Waals surface area (Å²) in [7, 11) is 0. The second-order valence-corrected chi connectivity index (χ2v) is 8.57. The predicted molar refractivity (Wildman–Crippen MR) is 108 cm³/mol. The van der Waals surface area contributed by atoms with Gasteiger partial charge in [-0.3, -0.25) is 9.59 Å². The average molecular weight is 387 g/mol. The molecule has 0 radical (unpaired) electrons. The summed E-state index contributed by atoms with van der Waals surface area (Å²) in [4.78, 5) is 29.1. The molecule has 1 aromatic heterocycles. The molecular weight excluding hydrogens is 360 g/mol. The molecule has 6 heteroatoms. The zero-order chi connectivity index (χ0) is 19.6. The first-order valence-corrected chi connectivity index (χ1v) is 10.2. The van der Waals surface area contributed by atoms with E-state index in [9.17, 15) is 9.59 Å². The first-order valence-electron chi connectivity index (χ1n) is 9.25. The van der Waals surface area contributed by atoms with Gasteiger partial charge >= 0.3 is 0 Å². The number of carbonyl (C=O) groups is 2. The van der Waals surface area contributed by atoms with Gasteiger partial charge in [-0.05, 0) is 45.4 Å². The molecule has 0 N–H and O–H groups in total. The highest BCUT2D eigenvalue weighted by Crippen LogP contribution is 2.42. The topological polar surface area (TPSA) is 53.8 Å². The molecule has 2 aromatic rings. The van der Waals surface area contributed by atoms with Crippen molar-refractivity contribution in [2.45, 2.75) is 44.4 Å². The fourth-order valence-electron chi connectivity index (χ4n) is 3.34. The van der Waals surface area contributed by atoms with Crippen LogP contribution in [0.15, 0.2) is 47.1 Å². The molecule has 144 valence electrons. The third kappa shape index (κ3) is 4.21. The Morgan fingerprint density at radius 2 is 2.07 bits per heavy atom. The number of benzene rings is 1. The van der Waals surface area contributed by atoms with E-state index in [1.165, 1.54) is 11.8 Å². The Morgan fingerprint density at radius 3 is 2.70 bits per heavy atom. The first kappa shape index (κ1) is 19.5. The average Bonchev–Trinajstić information content (AvgIpc) is 3.25. The number of hydrogen-bond donors (Lipinski definition) is 0. The summed E-state index contributed by atoms with van der Waals surface area (Å²) >= 11 is 1.66. The smallest absolute Gasteiger partial charge is 0.289 e. The molecule has 2 amide bonds. The number of furan rings is 1. The van der Waals surface area contributed by atoms with Crippen LogP contribution >= 0.6 is 11.8 Å². The molecule has 0 bridgehead atoms. The maximum atomic E-state index is 12.7. The Bertz CT molecular complexity index is 804. The standard InChI is InChI=1S/C21H26N2O3S/c1-14(2)22(20(25)18-9-6-12-26-18)10-11-23-19(24)16(4)27-21(23)17-8-5-7-15(3)13-17/h5-9,12-14,16,21H,10-11H2,1-4H3. The number of thioether (sulfide) groups is 1. The van der Waals surface area contributed by atoms with E-state index in [1.807, 2.05) is 31.7 Å². The summed E-state index contributed by atoms with van der Waals surface area (Å²) < 4.78 is 5.26. The van der Waals surface area contributed by atoms with Crippen LogP contribution in [-0.4, -0.2) is 46.0 Å². The van der Waals surface area contributed by atoms with Gasteiger partial charge in [0.15, 0.2) is 5.76 Å². The Morgan fingerprint density at radius 1 is 1.30 bits per heavy atom. The predicted octanol–water partition coefficient (Wildman–Crippen LogP) is 4.10. The summed E-state index contributed by atoms with van der Waals surface area (Å²) in [5, 5.41) is -0.0936. The molecule has 0 saturated carbocycles. The van der Waals surface area contributed by atoms with Gasteiger partial charge in [-0.25, -0.2) is 0 Å². The minimum Gasteiger partial charge on any atom is -0.459 e. The Labute approximate surface area is 164 Å². The second kappa shape index (κ2) is 8.21. The van der Waals surface area contributed by atoms with Crippen molar-refractivity contribution in [2.24, 2.45) is 0 Å². The number of carbonyl (C=O) groups excluding carboxylic acids is 2. The zero-order valence-corrected chi connectivity index (χ0v) is 17.0. The number of amides is 2. The minimum absolute atomic E-state index is 0.0138. The SMILES string of the molecule is Cc1cccc(C2SC(C)C(=O)N2CCN(C(=O)c2ccco2)C(C)C)c1. The highest BCUT2D eigenvalue weighted by Gasteiger charge is 2.38. The van der Waals surface area contributed by atoms with Crippen LogP contribution in [0.3, 0.4) is 0 Å². The second-order valence-electron chi connectivity index (χ2n) is 7.15. The van der Waals surface area contributed by atoms with Crippen molar-refractivity contribution in [2.75, 3.05) is 13.1 Å². The fraction of sp³-hybridized carbons (Fsp3) is 0.429. The molecule has 1 aliphatic heterocycles. The van der Waals surface area contributed by atoms with Crippen molar-refractivity contribution in [1.29, 1.82) is 0 Å². The van der Waals surface area contributed by atoms with Crippen LogP contribution < -0.4 is 0 Å². The van der Waals surface area contributed by atoms with E-state index >= 15 is 0 Å². The lowest BCUT2D eigenvalue weighted by atomic mass is 10.1. The van der Waals surface area contributed by atoms with Crippen LogP contribution in [0.1, 0.15) is 47.8 Å². The minimum atomic E-state index is -0.144. The molecular formula is C21H26N2O3S. The lowest BCUT2D eigenvalue weighted by molar-refractivity contribution is -0.130. The molecule has 1 aromatic carbocycles. The largest absolute Gasteiger partial charge is 0.459 e. The van der Waals surface area contributed by atoms with E-state index in [2.05, 4.69) is 25.1 Å². The first-order chi connectivity index (χ1) is 12.9. The van der Waals surface area contributed by atoms with Gasteiger partial charge in [-0.1, -0.05) is 29.8 Å². The van der Waals surface area contributed by atoms with Crippen molar-refractivity contribution in [3.63, 3.8) is 0 Å². The van der Waals surface area contributed by atoms with Crippen LogP contribution in [0.25, 0.3) is 0 Å². The number of aryl methyl sites for hydroxylation is 1. The molecule has 0 aliphatic carbocycles. The van der Waals surface area contributed by atoms with Crippen molar-refractivity contribution in [3.8, 4) is 0 Å². The van der Waals surface area contributed by atoms with Gasteiger partial charge < -0.3 is 14.2 Å². The van der Waals surface area contributed by atoms with Crippen LogP contribution in [0.2, 0.25) is 0 Å². The van der Waals surface area contributed by atoms with Gasteiger partial charge in [0.1, 0.15) is 5.37 Å². The summed E-state index contributed by atoms with van der Waals surface area (Å²) in [5.41, 5.74) is 2.31. The summed E-state index contributed by atoms with van der Waals surface area (Å²) in [6, 6.07) is 11.7. The van der Waals surface area contributed by atoms with Gasteiger partial charge in [-0.15, -0.1) is 11.8 Å². The van der Waals surface area contributed by atoms with E-state index in [1.54, 1.807) is 28.8 Å². The highest BCUT2D eigenvalue weighted by molar-refractivity contribution is 8.01. The van der Waals surface area contributed by atoms with E-state index in [-0.39, 0.29) is 28.5 Å². The summed E-state index contributed by atoms with van der Waals surface area (Å²) in [5.74, 6) is 0.310. The highest BCUT2D eigenvalue weighted by atomic mass is 32.2. The number of nitrogens with zero attached hydrogens (tertiary/aromatic N) is 2.